The molecule has 0 aliphatic rings. The molecule has 0 saturated heterocycles. The minimum atomic E-state index is -4.54. The maximum atomic E-state index is 13.3. The van der Waals surface area contributed by atoms with Gasteiger partial charge >= 0.3 is 6.18 Å². The van der Waals surface area contributed by atoms with Crippen molar-refractivity contribution in [3.8, 4) is 22.8 Å². The van der Waals surface area contributed by atoms with Gasteiger partial charge in [-0.25, -0.2) is 0 Å². The Labute approximate surface area is 151 Å². The number of aromatic amines is 1. The summed E-state index contributed by atoms with van der Waals surface area (Å²) in [4.78, 5) is 3.83. The van der Waals surface area contributed by atoms with E-state index < -0.39 is 11.7 Å². The Bertz CT molecular complexity index is 936. The average molecular weight is 381 g/mol. The fraction of sp³-hybridized carbons (Fsp3) is 0.118. The first kappa shape index (κ1) is 17.9. The van der Waals surface area contributed by atoms with Crippen molar-refractivity contribution in [2.75, 3.05) is 7.05 Å². The maximum Gasteiger partial charge on any atom is 0.416 e. The third-order valence-corrected chi connectivity index (χ3v) is 3.64. The van der Waals surface area contributed by atoms with Gasteiger partial charge in [0.15, 0.2) is 0 Å². The minimum absolute atomic E-state index is 0.0135. The van der Waals surface area contributed by atoms with Crippen molar-refractivity contribution in [3.63, 3.8) is 0 Å². The standard InChI is InChI=1S/C17H12ClF3N4O/c1-22-9-15-16(24-25-23-15)10-6-11(17(19,20)21)8-14(7-10)26-13-4-2-12(18)3-5-13/h2-9H,1H3,(H,23,24,25)/b22-9+. The van der Waals surface area contributed by atoms with E-state index >= 15 is 0 Å². The Morgan fingerprint density at radius 2 is 1.85 bits per heavy atom. The summed E-state index contributed by atoms with van der Waals surface area (Å²) in [6, 6.07) is 9.65. The molecule has 0 aliphatic heterocycles. The Balaban J connectivity index is 2.07. The second-order valence-corrected chi connectivity index (χ2v) is 5.70. The molecule has 1 heterocycles. The lowest BCUT2D eigenvalue weighted by Gasteiger charge is -2.12. The summed E-state index contributed by atoms with van der Waals surface area (Å²) < 4.78 is 45.4. The lowest BCUT2D eigenvalue weighted by atomic mass is 10.1. The summed E-state index contributed by atoms with van der Waals surface area (Å²) in [7, 11) is 1.53. The van der Waals surface area contributed by atoms with E-state index in [-0.39, 0.29) is 17.0 Å². The van der Waals surface area contributed by atoms with Gasteiger partial charge in [0.2, 0.25) is 0 Å². The topological polar surface area (TPSA) is 63.2 Å². The highest BCUT2D eigenvalue weighted by molar-refractivity contribution is 6.30. The number of aliphatic imine (C=N–C) groups is 1. The number of H-pyrrole nitrogens is 1. The normalized spacial score (nSPS) is 11.9. The number of benzene rings is 2. The molecule has 0 radical (unpaired) electrons. The molecular formula is C17H12ClF3N4O. The first-order valence-electron chi connectivity index (χ1n) is 7.36. The molecule has 3 aromatic rings. The molecule has 26 heavy (non-hydrogen) atoms. The second-order valence-electron chi connectivity index (χ2n) is 5.26. The van der Waals surface area contributed by atoms with E-state index in [1.807, 2.05) is 0 Å². The molecule has 2 aromatic carbocycles. The molecule has 5 nitrogen and oxygen atoms in total. The van der Waals surface area contributed by atoms with Gasteiger partial charge in [0.1, 0.15) is 22.9 Å². The summed E-state index contributed by atoms with van der Waals surface area (Å²) in [6.45, 7) is 0. The van der Waals surface area contributed by atoms with E-state index in [1.165, 1.54) is 19.3 Å². The van der Waals surface area contributed by atoms with Crippen LogP contribution < -0.4 is 4.74 Å². The van der Waals surface area contributed by atoms with Crippen LogP contribution in [0.3, 0.4) is 0 Å². The molecule has 1 aromatic heterocycles. The summed E-state index contributed by atoms with van der Waals surface area (Å²) >= 11 is 5.80. The van der Waals surface area contributed by atoms with Crippen LogP contribution in [0, 0.1) is 0 Å². The first-order chi connectivity index (χ1) is 12.4. The monoisotopic (exact) mass is 380 g/mol. The number of alkyl halides is 3. The molecule has 1 N–H and O–H groups in total. The van der Waals surface area contributed by atoms with Crippen molar-refractivity contribution in [2.24, 2.45) is 4.99 Å². The molecule has 0 saturated carbocycles. The largest absolute Gasteiger partial charge is 0.457 e. The van der Waals surface area contributed by atoms with Crippen LogP contribution in [0.2, 0.25) is 5.02 Å². The highest BCUT2D eigenvalue weighted by atomic mass is 35.5. The van der Waals surface area contributed by atoms with Gasteiger partial charge in [0.05, 0.1) is 5.56 Å². The molecular weight excluding hydrogens is 369 g/mol. The smallest absolute Gasteiger partial charge is 0.416 e. The van der Waals surface area contributed by atoms with Crippen molar-refractivity contribution in [3.05, 3.63) is 58.7 Å². The number of nitrogens with one attached hydrogen (secondary N) is 1. The van der Waals surface area contributed by atoms with Gasteiger partial charge in [0.25, 0.3) is 0 Å². The van der Waals surface area contributed by atoms with E-state index in [2.05, 4.69) is 20.4 Å². The molecule has 3 rings (SSSR count). The van der Waals surface area contributed by atoms with Gasteiger partial charge in [-0.05, 0) is 42.5 Å². The van der Waals surface area contributed by atoms with Crippen molar-refractivity contribution in [1.82, 2.24) is 15.4 Å². The van der Waals surface area contributed by atoms with Crippen LogP contribution in [0.15, 0.2) is 47.5 Å². The number of hydrogen-bond donors (Lipinski definition) is 1. The van der Waals surface area contributed by atoms with Crippen molar-refractivity contribution in [2.45, 2.75) is 6.18 Å². The van der Waals surface area contributed by atoms with Crippen LogP contribution in [0.1, 0.15) is 11.3 Å². The second kappa shape index (κ2) is 7.17. The van der Waals surface area contributed by atoms with Crippen LogP contribution in [0.25, 0.3) is 11.3 Å². The quantitative estimate of drug-likeness (QED) is 0.649. The van der Waals surface area contributed by atoms with Gasteiger partial charge in [-0.1, -0.05) is 16.8 Å². The summed E-state index contributed by atoms with van der Waals surface area (Å²) in [5.74, 6) is 0.370. The predicted molar refractivity (Wildman–Crippen MR) is 91.9 cm³/mol. The molecule has 0 atom stereocenters. The number of nitrogens with zero attached hydrogens (tertiary/aromatic N) is 3. The molecule has 0 aliphatic carbocycles. The Morgan fingerprint density at radius 3 is 2.50 bits per heavy atom. The van der Waals surface area contributed by atoms with Crippen molar-refractivity contribution >= 4 is 17.8 Å². The van der Waals surface area contributed by atoms with Crippen LogP contribution >= 0.6 is 11.6 Å². The number of hydrogen-bond acceptors (Lipinski definition) is 4. The number of aromatic nitrogens is 3. The van der Waals surface area contributed by atoms with Crippen LogP contribution in [0.4, 0.5) is 13.2 Å². The number of ether oxygens (including phenoxy) is 1. The van der Waals surface area contributed by atoms with E-state index in [1.54, 1.807) is 24.3 Å². The fourth-order valence-corrected chi connectivity index (χ4v) is 2.39. The Kier molecular flexibility index (Phi) is 4.94. The summed E-state index contributed by atoms with van der Waals surface area (Å²) in [5.41, 5.74) is -0.0271. The number of halogens is 4. The van der Waals surface area contributed by atoms with Gasteiger partial charge in [-0.2, -0.15) is 13.2 Å². The Hall–Kier alpha value is -2.87. The molecule has 0 bridgehead atoms. The summed E-state index contributed by atoms with van der Waals surface area (Å²) in [6.07, 6.45) is -3.12. The average Bonchev–Trinajstić information content (AvgIpc) is 3.05. The Morgan fingerprint density at radius 1 is 1.12 bits per heavy atom. The lowest BCUT2D eigenvalue weighted by molar-refractivity contribution is -0.137. The first-order valence-corrected chi connectivity index (χ1v) is 7.74. The van der Waals surface area contributed by atoms with Crippen molar-refractivity contribution in [1.29, 1.82) is 0 Å². The molecule has 0 fully saturated rings. The predicted octanol–water partition coefficient (Wildman–Crippen LogP) is 4.98. The molecule has 0 spiro atoms. The van der Waals surface area contributed by atoms with E-state index in [4.69, 9.17) is 16.3 Å². The highest BCUT2D eigenvalue weighted by Crippen LogP contribution is 2.37. The zero-order chi connectivity index (χ0) is 18.7. The molecule has 134 valence electrons. The van der Waals surface area contributed by atoms with Crippen LogP contribution in [0.5, 0.6) is 11.5 Å². The molecule has 0 amide bonds. The van der Waals surface area contributed by atoms with E-state index in [0.29, 0.717) is 16.5 Å². The van der Waals surface area contributed by atoms with Gasteiger partial charge < -0.3 is 4.74 Å². The van der Waals surface area contributed by atoms with E-state index in [9.17, 15) is 13.2 Å². The summed E-state index contributed by atoms with van der Waals surface area (Å²) in [5, 5.41) is 10.6. The molecule has 9 heteroatoms. The third kappa shape index (κ3) is 4.02. The van der Waals surface area contributed by atoms with Crippen LogP contribution in [-0.4, -0.2) is 28.7 Å². The van der Waals surface area contributed by atoms with Crippen molar-refractivity contribution < 1.29 is 17.9 Å². The zero-order valence-electron chi connectivity index (χ0n) is 13.4. The minimum Gasteiger partial charge on any atom is -0.457 e. The zero-order valence-corrected chi connectivity index (χ0v) is 14.1. The van der Waals surface area contributed by atoms with Gasteiger partial charge in [-0.3, -0.25) is 10.1 Å². The highest BCUT2D eigenvalue weighted by Gasteiger charge is 2.32. The van der Waals surface area contributed by atoms with Gasteiger partial charge in [0, 0.05) is 23.8 Å². The maximum absolute atomic E-state index is 13.3. The molecule has 0 unspecified atom stereocenters. The number of rotatable bonds is 4. The lowest BCUT2D eigenvalue weighted by Crippen LogP contribution is -2.05. The fourth-order valence-electron chi connectivity index (χ4n) is 2.27. The van der Waals surface area contributed by atoms with Gasteiger partial charge in [-0.15, -0.1) is 5.10 Å². The van der Waals surface area contributed by atoms with Crippen LogP contribution in [-0.2, 0) is 6.18 Å². The third-order valence-electron chi connectivity index (χ3n) is 3.39. The van der Waals surface area contributed by atoms with E-state index in [0.717, 1.165) is 12.1 Å². The SMILES string of the molecule is C/N=C/c1[nH]nnc1-c1cc(Oc2ccc(Cl)cc2)cc(C(F)(F)F)c1.